The fourth-order valence-electron chi connectivity index (χ4n) is 3.17. The van der Waals surface area contributed by atoms with E-state index in [2.05, 4.69) is 60.2 Å². The van der Waals surface area contributed by atoms with E-state index < -0.39 is 0 Å². The molecule has 2 unspecified atom stereocenters. The Morgan fingerprint density at radius 3 is 2.87 bits per heavy atom. The third-order valence-corrected chi connectivity index (χ3v) is 4.79. The Morgan fingerprint density at radius 1 is 1.35 bits per heavy atom. The molecular formula is C19H27N3O. The van der Waals surface area contributed by atoms with Crippen molar-refractivity contribution in [1.29, 1.82) is 0 Å². The summed E-state index contributed by atoms with van der Waals surface area (Å²) in [6.45, 7) is 10.2. The van der Waals surface area contributed by atoms with Crippen molar-refractivity contribution < 1.29 is 4.74 Å². The number of ether oxygens (including phenoxy) is 1. The Morgan fingerprint density at radius 2 is 2.13 bits per heavy atom. The van der Waals surface area contributed by atoms with Crippen molar-refractivity contribution in [3.63, 3.8) is 0 Å². The van der Waals surface area contributed by atoms with Crippen LogP contribution in [0.3, 0.4) is 0 Å². The van der Waals surface area contributed by atoms with Crippen LogP contribution in [0, 0.1) is 0 Å². The lowest BCUT2D eigenvalue weighted by molar-refractivity contribution is -0.0725. The van der Waals surface area contributed by atoms with Crippen LogP contribution in [0.2, 0.25) is 0 Å². The van der Waals surface area contributed by atoms with E-state index in [0.717, 1.165) is 32.7 Å². The molecule has 3 rings (SSSR count). The normalized spacial score (nSPS) is 23.7. The van der Waals surface area contributed by atoms with Gasteiger partial charge in [0.15, 0.2) is 0 Å². The largest absolute Gasteiger partial charge is 0.379 e. The van der Waals surface area contributed by atoms with Crippen molar-refractivity contribution in [2.75, 3.05) is 26.3 Å². The molecule has 0 bridgehead atoms. The fraction of sp³-hybridized carbons (Fsp3) is 0.526. The van der Waals surface area contributed by atoms with E-state index >= 15 is 0 Å². The lowest BCUT2D eigenvalue weighted by Crippen LogP contribution is -2.50. The average Bonchev–Trinajstić information content (AvgIpc) is 2.62. The van der Waals surface area contributed by atoms with E-state index in [-0.39, 0.29) is 0 Å². The van der Waals surface area contributed by atoms with Gasteiger partial charge in [-0.2, -0.15) is 0 Å². The van der Waals surface area contributed by atoms with Crippen LogP contribution >= 0.6 is 0 Å². The second-order valence-corrected chi connectivity index (χ2v) is 6.38. The number of hydrogen-bond donors (Lipinski definition) is 0. The van der Waals surface area contributed by atoms with Gasteiger partial charge in [-0.25, -0.2) is 5.01 Å². The predicted molar refractivity (Wildman–Crippen MR) is 93.8 cm³/mol. The Bertz CT molecular complexity index is 590. The highest BCUT2D eigenvalue weighted by molar-refractivity contribution is 5.76. The zero-order chi connectivity index (χ0) is 16.2. The van der Waals surface area contributed by atoms with Crippen molar-refractivity contribution in [2.45, 2.75) is 39.2 Å². The van der Waals surface area contributed by atoms with Gasteiger partial charge in [0.1, 0.15) is 0 Å². The minimum Gasteiger partial charge on any atom is -0.379 e. The topological polar surface area (TPSA) is 28.6 Å². The molecule has 0 spiro atoms. The predicted octanol–water partition coefficient (Wildman–Crippen LogP) is 3.44. The fourth-order valence-corrected chi connectivity index (χ4v) is 3.17. The van der Waals surface area contributed by atoms with Gasteiger partial charge in [0.05, 0.1) is 24.9 Å². The first kappa shape index (κ1) is 16.2. The second-order valence-electron chi connectivity index (χ2n) is 6.38. The Balaban J connectivity index is 1.91. The molecule has 1 fully saturated rings. The lowest BCUT2D eigenvalue weighted by Gasteiger charge is -2.41. The monoisotopic (exact) mass is 313 g/mol. The smallest absolute Gasteiger partial charge is 0.0612 e. The highest BCUT2D eigenvalue weighted by Crippen LogP contribution is 2.30. The van der Waals surface area contributed by atoms with Crippen molar-refractivity contribution in [1.82, 2.24) is 15.0 Å². The van der Waals surface area contributed by atoms with Gasteiger partial charge in [-0.1, -0.05) is 32.1 Å². The summed E-state index contributed by atoms with van der Waals surface area (Å²) >= 11 is 0. The van der Waals surface area contributed by atoms with Gasteiger partial charge < -0.3 is 9.75 Å². The maximum Gasteiger partial charge on any atom is 0.0612 e. The first-order valence-corrected chi connectivity index (χ1v) is 8.67. The van der Waals surface area contributed by atoms with Crippen LogP contribution < -0.4 is 0 Å². The number of rotatable bonds is 4. The molecular weight excluding hydrogens is 286 g/mol. The summed E-state index contributed by atoms with van der Waals surface area (Å²) in [6, 6.07) is 4.60. The van der Waals surface area contributed by atoms with Crippen molar-refractivity contribution >= 4 is 5.57 Å². The van der Waals surface area contributed by atoms with Crippen LogP contribution in [0.25, 0.3) is 5.57 Å². The highest BCUT2D eigenvalue weighted by atomic mass is 16.5. The lowest BCUT2D eigenvalue weighted by atomic mass is 9.94. The molecule has 4 nitrogen and oxygen atoms in total. The molecule has 0 saturated carbocycles. The van der Waals surface area contributed by atoms with Crippen LogP contribution in [0.15, 0.2) is 36.7 Å². The maximum absolute atomic E-state index is 5.49. The molecule has 4 heteroatoms. The van der Waals surface area contributed by atoms with Crippen LogP contribution in [-0.4, -0.2) is 47.3 Å². The van der Waals surface area contributed by atoms with Crippen molar-refractivity contribution in [3.8, 4) is 0 Å². The first-order valence-electron chi connectivity index (χ1n) is 8.67. The van der Waals surface area contributed by atoms with Gasteiger partial charge in [-0.15, -0.1) is 0 Å². The number of morpholine rings is 1. The molecule has 0 amide bonds. The van der Waals surface area contributed by atoms with Crippen LogP contribution in [0.4, 0.5) is 0 Å². The molecule has 1 saturated heterocycles. The third kappa shape index (κ3) is 3.48. The zero-order valence-corrected chi connectivity index (χ0v) is 14.4. The minimum atomic E-state index is 0.376. The quantitative estimate of drug-likeness (QED) is 0.851. The molecule has 0 radical (unpaired) electrons. The summed E-state index contributed by atoms with van der Waals surface area (Å²) in [7, 11) is 0. The van der Waals surface area contributed by atoms with Crippen molar-refractivity contribution in [2.24, 2.45) is 0 Å². The average molecular weight is 313 g/mol. The second kappa shape index (κ2) is 7.28. The summed E-state index contributed by atoms with van der Waals surface area (Å²) < 4.78 is 5.49. The standard InChI is InChI=1S/C19H27N3O/c1-4-15(2)19-18(6-5-9-20-19)17-8-7-16(3)22(14-17)21-10-12-23-13-11-21/h5-9,14-16H,4,10-13H2,1-3H3. The summed E-state index contributed by atoms with van der Waals surface area (Å²) in [5.74, 6) is 0.469. The molecule has 2 atom stereocenters. The number of aromatic nitrogens is 1. The van der Waals surface area contributed by atoms with Crippen LogP contribution in [-0.2, 0) is 4.74 Å². The van der Waals surface area contributed by atoms with Crippen LogP contribution in [0.1, 0.15) is 44.4 Å². The van der Waals surface area contributed by atoms with Gasteiger partial charge in [-0.05, 0) is 25.3 Å². The van der Waals surface area contributed by atoms with Crippen LogP contribution in [0.5, 0.6) is 0 Å². The third-order valence-electron chi connectivity index (χ3n) is 4.79. The molecule has 2 aliphatic heterocycles. The maximum atomic E-state index is 5.49. The number of hydrogen-bond acceptors (Lipinski definition) is 4. The van der Waals surface area contributed by atoms with Crippen molar-refractivity contribution in [3.05, 3.63) is 47.9 Å². The SMILES string of the molecule is CCC(C)c1ncccc1C1=CN(N2CCOCC2)C(C)C=C1. The van der Waals surface area contributed by atoms with E-state index in [1.807, 2.05) is 12.3 Å². The molecule has 124 valence electrons. The number of nitrogens with zero attached hydrogens (tertiary/aromatic N) is 3. The number of hydrazine groups is 1. The van der Waals surface area contributed by atoms with E-state index in [4.69, 9.17) is 4.74 Å². The van der Waals surface area contributed by atoms with Gasteiger partial charge in [0, 0.05) is 36.6 Å². The summed E-state index contributed by atoms with van der Waals surface area (Å²) in [5, 5.41) is 4.74. The van der Waals surface area contributed by atoms with Gasteiger partial charge in [0.25, 0.3) is 0 Å². The van der Waals surface area contributed by atoms with Gasteiger partial charge >= 0.3 is 0 Å². The Hall–Kier alpha value is -1.65. The van der Waals surface area contributed by atoms with E-state index in [1.54, 1.807) is 0 Å². The Kier molecular flexibility index (Phi) is 5.13. The van der Waals surface area contributed by atoms with E-state index in [1.165, 1.54) is 16.8 Å². The van der Waals surface area contributed by atoms with Gasteiger partial charge in [-0.3, -0.25) is 4.98 Å². The summed E-state index contributed by atoms with van der Waals surface area (Å²) in [4.78, 5) is 4.65. The van der Waals surface area contributed by atoms with E-state index in [9.17, 15) is 0 Å². The molecule has 0 aliphatic carbocycles. The molecule has 0 aromatic carbocycles. The molecule has 2 aliphatic rings. The molecule has 1 aromatic heterocycles. The number of pyridine rings is 1. The zero-order valence-electron chi connectivity index (χ0n) is 14.4. The minimum absolute atomic E-state index is 0.376. The highest BCUT2D eigenvalue weighted by Gasteiger charge is 2.23. The number of allylic oxidation sites excluding steroid dienone is 2. The molecule has 3 heterocycles. The van der Waals surface area contributed by atoms with Gasteiger partial charge in [0.2, 0.25) is 0 Å². The van der Waals surface area contributed by atoms with E-state index in [0.29, 0.717) is 12.0 Å². The first-order chi connectivity index (χ1) is 11.2. The summed E-state index contributed by atoms with van der Waals surface area (Å²) in [5.41, 5.74) is 3.70. The summed E-state index contributed by atoms with van der Waals surface area (Å²) in [6.07, 6.45) is 9.80. The molecule has 0 N–H and O–H groups in total. The molecule has 23 heavy (non-hydrogen) atoms. The Labute approximate surface area is 139 Å². The molecule has 1 aromatic rings.